The average molecular weight is 324 g/mol. The monoisotopic (exact) mass is 324 g/mol. The summed E-state index contributed by atoms with van der Waals surface area (Å²) >= 11 is 0. The van der Waals surface area contributed by atoms with Crippen molar-refractivity contribution in [3.8, 4) is 0 Å². The molecule has 3 N–H and O–H groups in total. The van der Waals surface area contributed by atoms with Crippen molar-refractivity contribution in [3.05, 3.63) is 23.7 Å². The Morgan fingerprint density at radius 1 is 1.30 bits per heavy atom. The molecular weight excluding hydrogens is 296 g/mol. The summed E-state index contributed by atoms with van der Waals surface area (Å²) in [6.45, 7) is 8.61. The Hall–Kier alpha value is -1.53. The van der Waals surface area contributed by atoms with Gasteiger partial charge in [0.2, 0.25) is 0 Å². The second-order valence-electron chi connectivity index (χ2n) is 7.43. The summed E-state index contributed by atoms with van der Waals surface area (Å²) in [6, 6.07) is 3.62. The van der Waals surface area contributed by atoms with Crippen LogP contribution in [0.2, 0.25) is 0 Å². The normalized spacial score (nSPS) is 17.6. The number of alkyl carbamates (subject to hydrolysis) is 1. The number of carbonyl (C=O) groups excluding carboxylic acids is 1. The van der Waals surface area contributed by atoms with Crippen molar-refractivity contribution in [1.29, 1.82) is 0 Å². The van der Waals surface area contributed by atoms with Gasteiger partial charge in [-0.1, -0.05) is 0 Å². The van der Waals surface area contributed by atoms with Gasteiger partial charge in [-0.15, -0.1) is 0 Å². The number of ether oxygens (including phenoxy) is 1. The van der Waals surface area contributed by atoms with Gasteiger partial charge in [0, 0.05) is 12.1 Å². The fourth-order valence-corrected chi connectivity index (χ4v) is 2.53. The molecule has 0 aliphatic heterocycles. The maximum Gasteiger partial charge on any atom is 0.407 e. The van der Waals surface area contributed by atoms with Crippen LogP contribution in [-0.2, 0) is 17.9 Å². The smallest absolute Gasteiger partial charge is 0.407 e. The quantitative estimate of drug-likeness (QED) is 0.718. The minimum atomic E-state index is -0.498. The summed E-state index contributed by atoms with van der Waals surface area (Å²) in [4.78, 5) is 11.9. The number of aliphatic hydroxyl groups is 1. The highest BCUT2D eigenvalue weighted by atomic mass is 16.6. The third-order valence-corrected chi connectivity index (χ3v) is 4.02. The van der Waals surface area contributed by atoms with Crippen LogP contribution in [0, 0.1) is 5.92 Å². The van der Waals surface area contributed by atoms with Crippen LogP contribution in [0.5, 0.6) is 0 Å². The van der Waals surface area contributed by atoms with Crippen molar-refractivity contribution in [1.82, 2.24) is 10.6 Å². The second-order valence-corrected chi connectivity index (χ2v) is 7.43. The standard InChI is InChI=1S/C17H28N2O4/c1-16(2,3)23-15(21)18-11-17(4,12-5-6-12)19-9-13-7-8-14(10-20)22-13/h7-8,12,19-20H,5-6,9-11H2,1-4H3,(H,18,21). The van der Waals surface area contributed by atoms with E-state index in [0.717, 1.165) is 18.6 Å². The number of hydrogen-bond donors (Lipinski definition) is 3. The van der Waals surface area contributed by atoms with E-state index in [1.165, 1.54) is 0 Å². The Morgan fingerprint density at radius 2 is 1.96 bits per heavy atom. The van der Waals surface area contributed by atoms with E-state index in [-0.39, 0.29) is 12.1 Å². The van der Waals surface area contributed by atoms with Gasteiger partial charge >= 0.3 is 6.09 Å². The van der Waals surface area contributed by atoms with E-state index >= 15 is 0 Å². The van der Waals surface area contributed by atoms with Crippen LogP contribution < -0.4 is 10.6 Å². The second kappa shape index (κ2) is 6.93. The number of rotatable bonds is 7. The van der Waals surface area contributed by atoms with Gasteiger partial charge in [-0.05, 0) is 58.6 Å². The molecule has 1 unspecified atom stereocenters. The zero-order valence-electron chi connectivity index (χ0n) is 14.4. The van der Waals surface area contributed by atoms with Crippen LogP contribution in [0.15, 0.2) is 16.5 Å². The zero-order chi connectivity index (χ0) is 17.1. The van der Waals surface area contributed by atoms with Crippen molar-refractivity contribution < 1.29 is 19.1 Å². The van der Waals surface area contributed by atoms with Crippen LogP contribution in [0.4, 0.5) is 4.79 Å². The molecule has 1 saturated carbocycles. The molecule has 1 atom stereocenters. The van der Waals surface area contributed by atoms with E-state index in [0.29, 0.717) is 24.8 Å². The fourth-order valence-electron chi connectivity index (χ4n) is 2.53. The Balaban J connectivity index is 1.87. The third kappa shape index (κ3) is 5.55. The lowest BCUT2D eigenvalue weighted by Crippen LogP contribution is -2.53. The lowest BCUT2D eigenvalue weighted by Gasteiger charge is -2.31. The molecule has 0 bridgehead atoms. The van der Waals surface area contributed by atoms with Crippen molar-refractivity contribution in [2.75, 3.05) is 6.54 Å². The van der Waals surface area contributed by atoms with Gasteiger partial charge in [0.1, 0.15) is 23.7 Å². The van der Waals surface area contributed by atoms with Crippen molar-refractivity contribution in [3.63, 3.8) is 0 Å². The average Bonchev–Trinajstić information content (AvgIpc) is 3.21. The zero-order valence-corrected chi connectivity index (χ0v) is 14.4. The number of aliphatic hydroxyl groups excluding tert-OH is 1. The molecule has 0 radical (unpaired) electrons. The van der Waals surface area contributed by atoms with Crippen LogP contribution in [0.3, 0.4) is 0 Å². The van der Waals surface area contributed by atoms with Crippen LogP contribution in [0.1, 0.15) is 52.1 Å². The molecule has 0 aromatic carbocycles. The molecular formula is C17H28N2O4. The topological polar surface area (TPSA) is 83.7 Å². The highest BCUT2D eigenvalue weighted by molar-refractivity contribution is 5.67. The molecule has 130 valence electrons. The minimum Gasteiger partial charge on any atom is -0.462 e. The SMILES string of the molecule is CC(C)(C)OC(=O)NCC(C)(NCc1ccc(CO)o1)C1CC1. The number of amides is 1. The molecule has 1 aliphatic carbocycles. The molecule has 1 aromatic rings. The molecule has 6 nitrogen and oxygen atoms in total. The Labute approximate surface area is 137 Å². The Bertz CT molecular complexity index is 531. The molecule has 1 fully saturated rings. The highest BCUT2D eigenvalue weighted by Crippen LogP contribution is 2.39. The van der Waals surface area contributed by atoms with Crippen LogP contribution >= 0.6 is 0 Å². The fraction of sp³-hybridized carbons (Fsp3) is 0.706. The van der Waals surface area contributed by atoms with Gasteiger partial charge in [-0.25, -0.2) is 4.79 Å². The van der Waals surface area contributed by atoms with E-state index in [1.54, 1.807) is 6.07 Å². The summed E-state index contributed by atoms with van der Waals surface area (Å²) in [6.07, 6.45) is 1.91. The summed E-state index contributed by atoms with van der Waals surface area (Å²) in [7, 11) is 0. The maximum absolute atomic E-state index is 11.9. The number of hydrogen-bond acceptors (Lipinski definition) is 5. The minimum absolute atomic E-state index is 0.0971. The highest BCUT2D eigenvalue weighted by Gasteiger charge is 2.41. The summed E-state index contributed by atoms with van der Waals surface area (Å²) in [5.41, 5.74) is -0.703. The van der Waals surface area contributed by atoms with Crippen molar-refractivity contribution >= 4 is 6.09 Å². The Morgan fingerprint density at radius 3 is 2.48 bits per heavy atom. The molecule has 1 aliphatic rings. The van der Waals surface area contributed by atoms with E-state index in [2.05, 4.69) is 17.6 Å². The van der Waals surface area contributed by atoms with E-state index in [1.807, 2.05) is 26.8 Å². The predicted molar refractivity (Wildman–Crippen MR) is 86.8 cm³/mol. The lowest BCUT2D eigenvalue weighted by molar-refractivity contribution is 0.0507. The molecule has 2 rings (SSSR count). The molecule has 23 heavy (non-hydrogen) atoms. The number of nitrogens with one attached hydrogen (secondary N) is 2. The van der Waals surface area contributed by atoms with Crippen molar-refractivity contribution in [2.24, 2.45) is 5.92 Å². The molecule has 0 spiro atoms. The maximum atomic E-state index is 11.9. The van der Waals surface area contributed by atoms with Gasteiger partial charge in [-0.2, -0.15) is 0 Å². The van der Waals surface area contributed by atoms with E-state index in [4.69, 9.17) is 14.3 Å². The summed E-state index contributed by atoms with van der Waals surface area (Å²) in [5.74, 6) is 1.87. The first kappa shape index (κ1) is 17.8. The number of furan rings is 1. The lowest BCUT2D eigenvalue weighted by atomic mass is 9.95. The van der Waals surface area contributed by atoms with Gasteiger partial charge in [0.15, 0.2) is 0 Å². The first-order valence-corrected chi connectivity index (χ1v) is 8.12. The molecule has 1 heterocycles. The molecule has 1 aromatic heterocycles. The van der Waals surface area contributed by atoms with Gasteiger partial charge in [0.25, 0.3) is 0 Å². The molecule has 1 amide bonds. The van der Waals surface area contributed by atoms with Crippen LogP contribution in [-0.4, -0.2) is 28.9 Å². The van der Waals surface area contributed by atoms with Gasteiger partial charge in [0.05, 0.1) is 6.54 Å². The van der Waals surface area contributed by atoms with Crippen molar-refractivity contribution in [2.45, 2.75) is 64.8 Å². The first-order valence-electron chi connectivity index (χ1n) is 8.12. The van der Waals surface area contributed by atoms with Crippen LogP contribution in [0.25, 0.3) is 0 Å². The predicted octanol–water partition coefficient (Wildman–Crippen LogP) is 2.55. The van der Waals surface area contributed by atoms with E-state index in [9.17, 15) is 4.79 Å². The summed E-state index contributed by atoms with van der Waals surface area (Å²) in [5, 5.41) is 15.4. The largest absolute Gasteiger partial charge is 0.462 e. The third-order valence-electron chi connectivity index (χ3n) is 4.02. The summed E-state index contributed by atoms with van der Waals surface area (Å²) < 4.78 is 10.8. The van der Waals surface area contributed by atoms with Gasteiger partial charge < -0.3 is 24.9 Å². The molecule has 6 heteroatoms. The first-order chi connectivity index (χ1) is 10.7. The number of carbonyl (C=O) groups is 1. The van der Waals surface area contributed by atoms with E-state index < -0.39 is 11.7 Å². The Kier molecular flexibility index (Phi) is 5.37. The van der Waals surface area contributed by atoms with Gasteiger partial charge in [-0.3, -0.25) is 0 Å². The molecule has 0 saturated heterocycles.